The highest BCUT2D eigenvalue weighted by Crippen LogP contribution is 2.19. The van der Waals surface area contributed by atoms with Crippen molar-refractivity contribution < 1.29 is 14.3 Å². The lowest BCUT2D eigenvalue weighted by atomic mass is 10.2. The van der Waals surface area contributed by atoms with Crippen LogP contribution >= 0.6 is 15.9 Å². The van der Waals surface area contributed by atoms with Crippen molar-refractivity contribution >= 4 is 38.6 Å². The number of carbonyl (C=O) groups is 2. The molecule has 7 nitrogen and oxygen atoms in total. The molecule has 3 aromatic rings. The minimum absolute atomic E-state index is 0.195. The highest BCUT2D eigenvalue weighted by molar-refractivity contribution is 9.10. The van der Waals surface area contributed by atoms with Gasteiger partial charge in [0.2, 0.25) is 0 Å². The number of methoxy groups -OCH3 is 1. The van der Waals surface area contributed by atoms with Crippen LogP contribution in [0.5, 0.6) is 5.75 Å². The molecule has 122 valence electrons. The second-order valence-corrected chi connectivity index (χ2v) is 5.81. The SMILES string of the molecule is COc1ccc2nc(C(=O)NNC(=O)c3cc(Br)c[nH]3)ccc2c1. The molecular formula is C16H13BrN4O3. The number of hydrogen-bond donors (Lipinski definition) is 3. The zero-order valence-electron chi connectivity index (χ0n) is 12.6. The van der Waals surface area contributed by atoms with Gasteiger partial charge in [0.25, 0.3) is 11.8 Å². The van der Waals surface area contributed by atoms with Gasteiger partial charge < -0.3 is 9.72 Å². The van der Waals surface area contributed by atoms with E-state index in [2.05, 4.69) is 36.7 Å². The topological polar surface area (TPSA) is 96.1 Å². The fraction of sp³-hybridized carbons (Fsp3) is 0.0625. The summed E-state index contributed by atoms with van der Waals surface area (Å²) in [5.41, 5.74) is 5.83. The number of rotatable bonds is 3. The number of benzene rings is 1. The zero-order valence-corrected chi connectivity index (χ0v) is 14.2. The van der Waals surface area contributed by atoms with Crippen LogP contribution in [0, 0.1) is 0 Å². The van der Waals surface area contributed by atoms with Crippen LogP contribution in [0.1, 0.15) is 21.0 Å². The molecule has 0 spiro atoms. The van der Waals surface area contributed by atoms with Gasteiger partial charge in [0.05, 0.1) is 12.6 Å². The maximum Gasteiger partial charge on any atom is 0.288 e. The minimum atomic E-state index is -0.508. The van der Waals surface area contributed by atoms with Crippen LogP contribution in [0.4, 0.5) is 0 Å². The number of nitrogens with zero attached hydrogens (tertiary/aromatic N) is 1. The third kappa shape index (κ3) is 3.38. The molecule has 0 saturated carbocycles. The Morgan fingerprint density at radius 3 is 2.62 bits per heavy atom. The summed E-state index contributed by atoms with van der Waals surface area (Å²) >= 11 is 3.23. The summed E-state index contributed by atoms with van der Waals surface area (Å²) in [7, 11) is 1.59. The molecule has 0 saturated heterocycles. The number of pyridine rings is 1. The van der Waals surface area contributed by atoms with Crippen molar-refractivity contribution in [2.75, 3.05) is 7.11 Å². The van der Waals surface area contributed by atoms with E-state index in [0.717, 1.165) is 9.86 Å². The molecule has 2 aromatic heterocycles. The van der Waals surface area contributed by atoms with E-state index in [4.69, 9.17) is 4.74 Å². The molecule has 2 amide bonds. The van der Waals surface area contributed by atoms with Gasteiger partial charge in [0.15, 0.2) is 0 Å². The van der Waals surface area contributed by atoms with E-state index in [1.165, 1.54) is 0 Å². The summed E-state index contributed by atoms with van der Waals surface area (Å²) in [6, 6.07) is 10.3. The standard InChI is InChI=1S/C16H13BrN4O3/c1-24-11-3-5-12-9(6-11)2-4-13(19-12)15(22)20-21-16(23)14-7-10(17)8-18-14/h2-8,18H,1H3,(H,20,22)(H,21,23). The summed E-state index contributed by atoms with van der Waals surface area (Å²) in [5.74, 6) is -0.253. The Hall–Kier alpha value is -2.87. The molecule has 0 radical (unpaired) electrons. The Morgan fingerprint density at radius 1 is 1.12 bits per heavy atom. The fourth-order valence-corrected chi connectivity index (χ4v) is 2.44. The van der Waals surface area contributed by atoms with E-state index >= 15 is 0 Å². The molecule has 0 unspecified atom stereocenters. The zero-order chi connectivity index (χ0) is 17.1. The number of nitrogens with one attached hydrogen (secondary N) is 3. The average molecular weight is 389 g/mol. The van der Waals surface area contributed by atoms with Crippen molar-refractivity contribution in [1.29, 1.82) is 0 Å². The number of hydrazine groups is 1. The van der Waals surface area contributed by atoms with Crippen molar-refractivity contribution in [3.05, 3.63) is 58.5 Å². The number of fused-ring (bicyclic) bond motifs is 1. The van der Waals surface area contributed by atoms with Gasteiger partial charge in [-0.05, 0) is 46.3 Å². The number of halogens is 1. The number of ether oxygens (including phenoxy) is 1. The number of aromatic amines is 1. The van der Waals surface area contributed by atoms with Crippen LogP contribution in [-0.4, -0.2) is 28.9 Å². The second-order valence-electron chi connectivity index (χ2n) is 4.89. The van der Waals surface area contributed by atoms with E-state index in [1.54, 1.807) is 43.6 Å². The number of aromatic nitrogens is 2. The first kappa shape index (κ1) is 16.0. The molecule has 0 atom stereocenters. The van der Waals surface area contributed by atoms with Crippen LogP contribution in [0.3, 0.4) is 0 Å². The Balaban J connectivity index is 1.70. The molecule has 1 aromatic carbocycles. The van der Waals surface area contributed by atoms with Crippen molar-refractivity contribution in [2.24, 2.45) is 0 Å². The molecule has 0 fully saturated rings. The lowest BCUT2D eigenvalue weighted by Crippen LogP contribution is -2.42. The Morgan fingerprint density at radius 2 is 1.92 bits per heavy atom. The second kappa shape index (κ2) is 6.71. The summed E-state index contributed by atoms with van der Waals surface area (Å²) in [4.78, 5) is 31.0. The Bertz CT molecular complexity index is 923. The van der Waals surface area contributed by atoms with Crippen LogP contribution in [0.15, 0.2) is 47.1 Å². The molecule has 8 heteroatoms. The predicted octanol–water partition coefficient (Wildman–Crippen LogP) is 2.41. The number of H-pyrrole nitrogens is 1. The Kier molecular flexibility index (Phi) is 4.48. The molecule has 3 rings (SSSR count). The van der Waals surface area contributed by atoms with Gasteiger partial charge in [-0.3, -0.25) is 20.4 Å². The third-order valence-corrected chi connectivity index (χ3v) is 3.77. The molecule has 2 heterocycles. The van der Waals surface area contributed by atoms with Crippen LogP contribution in [0.25, 0.3) is 10.9 Å². The van der Waals surface area contributed by atoms with Gasteiger partial charge in [-0.25, -0.2) is 4.98 Å². The van der Waals surface area contributed by atoms with Crippen molar-refractivity contribution in [1.82, 2.24) is 20.8 Å². The lowest BCUT2D eigenvalue weighted by Gasteiger charge is -2.07. The van der Waals surface area contributed by atoms with Crippen LogP contribution in [-0.2, 0) is 0 Å². The van der Waals surface area contributed by atoms with Crippen molar-refractivity contribution in [3.8, 4) is 5.75 Å². The normalized spacial score (nSPS) is 10.4. The molecule has 0 aliphatic heterocycles. The largest absolute Gasteiger partial charge is 0.497 e. The summed E-state index contributed by atoms with van der Waals surface area (Å²) in [6.45, 7) is 0. The van der Waals surface area contributed by atoms with E-state index in [1.807, 2.05) is 6.07 Å². The van der Waals surface area contributed by atoms with E-state index in [0.29, 0.717) is 17.0 Å². The first-order valence-corrected chi connectivity index (χ1v) is 7.75. The monoisotopic (exact) mass is 388 g/mol. The van der Waals surface area contributed by atoms with Gasteiger partial charge in [-0.15, -0.1) is 0 Å². The smallest absolute Gasteiger partial charge is 0.288 e. The molecule has 0 aliphatic carbocycles. The van der Waals surface area contributed by atoms with E-state index < -0.39 is 11.8 Å². The fourth-order valence-electron chi connectivity index (χ4n) is 2.10. The van der Waals surface area contributed by atoms with Crippen molar-refractivity contribution in [2.45, 2.75) is 0 Å². The van der Waals surface area contributed by atoms with Gasteiger partial charge in [-0.1, -0.05) is 6.07 Å². The van der Waals surface area contributed by atoms with E-state index in [9.17, 15) is 9.59 Å². The van der Waals surface area contributed by atoms with E-state index in [-0.39, 0.29) is 5.69 Å². The predicted molar refractivity (Wildman–Crippen MR) is 91.7 cm³/mol. The highest BCUT2D eigenvalue weighted by Gasteiger charge is 2.12. The number of hydrogen-bond acceptors (Lipinski definition) is 4. The third-order valence-electron chi connectivity index (χ3n) is 3.31. The quantitative estimate of drug-likeness (QED) is 0.600. The highest BCUT2D eigenvalue weighted by atomic mass is 79.9. The van der Waals surface area contributed by atoms with Gasteiger partial charge in [0, 0.05) is 16.1 Å². The molecular weight excluding hydrogens is 376 g/mol. The average Bonchev–Trinajstić information content (AvgIpc) is 3.04. The Labute approximate surface area is 145 Å². The first-order chi connectivity index (χ1) is 11.6. The maximum atomic E-state index is 12.1. The molecule has 0 aliphatic rings. The maximum absolute atomic E-state index is 12.1. The molecule has 24 heavy (non-hydrogen) atoms. The first-order valence-electron chi connectivity index (χ1n) is 6.96. The van der Waals surface area contributed by atoms with Crippen LogP contribution in [0.2, 0.25) is 0 Å². The van der Waals surface area contributed by atoms with Gasteiger partial charge in [-0.2, -0.15) is 0 Å². The minimum Gasteiger partial charge on any atom is -0.497 e. The summed E-state index contributed by atoms with van der Waals surface area (Å²) in [6.07, 6.45) is 1.62. The molecule has 3 N–H and O–H groups in total. The number of amides is 2. The lowest BCUT2D eigenvalue weighted by molar-refractivity contribution is 0.0842. The summed E-state index contributed by atoms with van der Waals surface area (Å²) in [5, 5.41) is 0.853. The summed E-state index contributed by atoms with van der Waals surface area (Å²) < 4.78 is 5.89. The van der Waals surface area contributed by atoms with Crippen LogP contribution < -0.4 is 15.6 Å². The van der Waals surface area contributed by atoms with Crippen molar-refractivity contribution in [3.63, 3.8) is 0 Å². The number of carbonyl (C=O) groups excluding carboxylic acids is 2. The van der Waals surface area contributed by atoms with Gasteiger partial charge >= 0.3 is 0 Å². The van der Waals surface area contributed by atoms with Gasteiger partial charge in [0.1, 0.15) is 17.1 Å². The molecule has 0 bridgehead atoms.